The first-order valence-electron chi connectivity index (χ1n) is 10.2. The predicted octanol–water partition coefficient (Wildman–Crippen LogP) is 2.20. The minimum Gasteiger partial charge on any atom is -0.483 e. The Bertz CT molecular complexity index is 669. The van der Waals surface area contributed by atoms with Gasteiger partial charge in [0.05, 0.1) is 5.41 Å². The molecule has 0 bridgehead atoms. The molecule has 1 amide bonds. The fourth-order valence-electron chi connectivity index (χ4n) is 4.19. The van der Waals surface area contributed by atoms with Crippen LogP contribution in [0.3, 0.4) is 0 Å². The molecule has 0 radical (unpaired) electrons. The van der Waals surface area contributed by atoms with Crippen LogP contribution in [0.15, 0.2) is 30.3 Å². The van der Waals surface area contributed by atoms with Gasteiger partial charge < -0.3 is 19.6 Å². The van der Waals surface area contributed by atoms with Crippen molar-refractivity contribution in [2.75, 3.05) is 33.7 Å². The molecule has 2 aliphatic rings. The van der Waals surface area contributed by atoms with Crippen molar-refractivity contribution in [3.05, 3.63) is 35.9 Å². The zero-order valence-corrected chi connectivity index (χ0v) is 17.4. The molecule has 2 fully saturated rings. The maximum absolute atomic E-state index is 12.5. The smallest absolute Gasteiger partial charge is 0.312 e. The number of amides is 1. The number of nitrogens with zero attached hydrogens (tertiary/aromatic N) is 2. The van der Waals surface area contributed by atoms with E-state index in [2.05, 4.69) is 17.0 Å². The summed E-state index contributed by atoms with van der Waals surface area (Å²) >= 11 is 0. The van der Waals surface area contributed by atoms with Crippen LogP contribution in [0.5, 0.6) is 0 Å². The molecule has 0 saturated carbocycles. The lowest BCUT2D eigenvalue weighted by Gasteiger charge is -2.36. The molecule has 3 rings (SSSR count). The van der Waals surface area contributed by atoms with Crippen LogP contribution < -0.4 is 0 Å². The average Bonchev–Trinajstić information content (AvgIpc) is 2.97. The second kappa shape index (κ2) is 11.0. The molecule has 7 heteroatoms. The summed E-state index contributed by atoms with van der Waals surface area (Å²) in [5.41, 5.74) is 0.917. The van der Waals surface area contributed by atoms with Crippen molar-refractivity contribution in [1.29, 1.82) is 0 Å². The molecule has 1 unspecified atom stereocenters. The lowest BCUT2D eigenvalue weighted by molar-refractivity contribution is -0.152. The molecule has 1 aromatic rings. The summed E-state index contributed by atoms with van der Waals surface area (Å²) in [7, 11) is 3.99. The maximum atomic E-state index is 12.5. The van der Waals surface area contributed by atoms with Crippen LogP contribution >= 0.6 is 0 Å². The summed E-state index contributed by atoms with van der Waals surface area (Å²) in [6.07, 6.45) is 4.64. The van der Waals surface area contributed by atoms with Crippen LogP contribution in [0.1, 0.15) is 37.7 Å². The number of hydrogen-bond donors (Lipinski definition) is 1. The first-order valence-corrected chi connectivity index (χ1v) is 10.2. The van der Waals surface area contributed by atoms with Gasteiger partial charge in [0.25, 0.3) is 6.47 Å². The monoisotopic (exact) mass is 404 g/mol. The van der Waals surface area contributed by atoms with E-state index in [1.54, 1.807) is 0 Å². The van der Waals surface area contributed by atoms with Crippen LogP contribution in [0, 0.1) is 5.41 Å². The number of benzene rings is 1. The highest BCUT2D eigenvalue weighted by Gasteiger charge is 2.50. The fraction of sp³-hybridized carbons (Fsp3) is 0.591. The van der Waals surface area contributed by atoms with Gasteiger partial charge in [0.15, 0.2) is 0 Å². The average molecular weight is 405 g/mol. The number of piperidine rings is 1. The number of ether oxygens (including phenoxy) is 1. The number of likely N-dealkylation sites (tertiary alicyclic amines) is 1. The van der Waals surface area contributed by atoms with Gasteiger partial charge in [0.2, 0.25) is 5.91 Å². The van der Waals surface area contributed by atoms with Crippen molar-refractivity contribution in [3.8, 4) is 0 Å². The third kappa shape index (κ3) is 6.56. The second-order valence-electron chi connectivity index (χ2n) is 8.10. The first kappa shape index (κ1) is 22.9. The molecule has 160 valence electrons. The highest BCUT2D eigenvalue weighted by Crippen LogP contribution is 2.43. The van der Waals surface area contributed by atoms with Crippen LogP contribution in [0.25, 0.3) is 0 Å². The molecule has 2 heterocycles. The molecule has 0 aromatic heterocycles. The topological polar surface area (TPSA) is 87.2 Å². The Balaban J connectivity index is 0.000000941. The van der Waals surface area contributed by atoms with Crippen LogP contribution in [-0.4, -0.2) is 73.1 Å². The number of likely N-dealkylation sites (N-methyl/N-ethyl adjacent to an activating group) is 1. The van der Waals surface area contributed by atoms with Gasteiger partial charge in [0, 0.05) is 32.5 Å². The number of cyclic esters (lactones) is 1. The number of esters is 1. The highest BCUT2D eigenvalue weighted by atomic mass is 16.6. The zero-order chi connectivity index (χ0) is 21.3. The van der Waals surface area contributed by atoms with E-state index in [0.717, 1.165) is 38.6 Å². The van der Waals surface area contributed by atoms with E-state index in [-0.39, 0.29) is 29.9 Å². The van der Waals surface area contributed by atoms with E-state index in [4.69, 9.17) is 14.6 Å². The van der Waals surface area contributed by atoms with Gasteiger partial charge in [-0.15, -0.1) is 0 Å². The van der Waals surface area contributed by atoms with Crippen molar-refractivity contribution in [2.45, 2.75) is 44.6 Å². The molecule has 29 heavy (non-hydrogen) atoms. The van der Waals surface area contributed by atoms with E-state index in [9.17, 15) is 9.59 Å². The largest absolute Gasteiger partial charge is 0.483 e. The maximum Gasteiger partial charge on any atom is 0.312 e. The van der Waals surface area contributed by atoms with Crippen LogP contribution in [0.2, 0.25) is 0 Å². The highest BCUT2D eigenvalue weighted by molar-refractivity contribution is 5.80. The standard InChI is InChI=1S/C21H30N2O3.CH2O2/c1-22(2)16-18-15-21(20(25)26-18)11-13-23(14-12-21)19(24)10-6-9-17-7-4-3-5-8-17;2-1-3/h3-5,7-8,18H,6,9-16H2,1-2H3;1H,(H,2,3). The quantitative estimate of drug-likeness (QED) is 0.578. The van der Waals surface area contributed by atoms with E-state index in [1.165, 1.54) is 5.56 Å². The van der Waals surface area contributed by atoms with Gasteiger partial charge in [-0.3, -0.25) is 14.4 Å². The first-order chi connectivity index (χ1) is 13.9. The van der Waals surface area contributed by atoms with Gasteiger partial charge in [-0.25, -0.2) is 0 Å². The molecule has 1 aromatic carbocycles. The summed E-state index contributed by atoms with van der Waals surface area (Å²) in [5.74, 6) is 0.160. The van der Waals surface area contributed by atoms with Gasteiger partial charge >= 0.3 is 5.97 Å². The van der Waals surface area contributed by atoms with Crippen LogP contribution in [0.4, 0.5) is 0 Å². The summed E-state index contributed by atoms with van der Waals surface area (Å²) in [6.45, 7) is 1.87. The summed E-state index contributed by atoms with van der Waals surface area (Å²) in [4.78, 5) is 37.2. The number of rotatable bonds is 6. The summed E-state index contributed by atoms with van der Waals surface area (Å²) in [5, 5.41) is 6.89. The Morgan fingerprint density at radius 2 is 1.90 bits per heavy atom. The van der Waals surface area contributed by atoms with Crippen molar-refractivity contribution in [1.82, 2.24) is 9.80 Å². The van der Waals surface area contributed by atoms with Crippen molar-refractivity contribution in [2.24, 2.45) is 5.41 Å². The molecule has 7 nitrogen and oxygen atoms in total. The minimum atomic E-state index is -0.360. The van der Waals surface area contributed by atoms with E-state index in [1.807, 2.05) is 37.2 Å². The van der Waals surface area contributed by atoms with E-state index < -0.39 is 0 Å². The second-order valence-corrected chi connectivity index (χ2v) is 8.10. The lowest BCUT2D eigenvalue weighted by Crippen LogP contribution is -2.45. The van der Waals surface area contributed by atoms with E-state index in [0.29, 0.717) is 19.5 Å². The number of aryl methyl sites for hydroxylation is 1. The molecular weight excluding hydrogens is 372 g/mol. The molecular formula is C22H32N2O5. The van der Waals surface area contributed by atoms with Crippen molar-refractivity contribution >= 4 is 18.3 Å². The fourth-order valence-corrected chi connectivity index (χ4v) is 4.19. The molecule has 1 spiro atoms. The van der Waals surface area contributed by atoms with Crippen molar-refractivity contribution in [3.63, 3.8) is 0 Å². The summed E-state index contributed by atoms with van der Waals surface area (Å²) in [6, 6.07) is 10.3. The number of hydrogen-bond acceptors (Lipinski definition) is 5. The van der Waals surface area contributed by atoms with Gasteiger partial charge in [0.1, 0.15) is 6.10 Å². The third-order valence-corrected chi connectivity index (χ3v) is 5.67. The molecule has 1 atom stereocenters. The number of carboxylic acid groups (broad SMARTS) is 1. The Morgan fingerprint density at radius 3 is 2.48 bits per heavy atom. The van der Waals surface area contributed by atoms with Gasteiger partial charge in [-0.2, -0.15) is 0 Å². The number of carbonyl (C=O) groups is 3. The normalized spacial score (nSPS) is 20.2. The molecule has 2 aliphatic heterocycles. The Morgan fingerprint density at radius 1 is 1.28 bits per heavy atom. The Hall–Kier alpha value is -2.41. The van der Waals surface area contributed by atoms with Gasteiger partial charge in [-0.05, 0) is 45.3 Å². The van der Waals surface area contributed by atoms with Crippen molar-refractivity contribution < 1.29 is 24.2 Å². The molecule has 2 saturated heterocycles. The molecule has 0 aliphatic carbocycles. The van der Waals surface area contributed by atoms with E-state index >= 15 is 0 Å². The zero-order valence-electron chi connectivity index (χ0n) is 17.4. The Kier molecular flexibility index (Phi) is 8.64. The van der Waals surface area contributed by atoms with Crippen LogP contribution in [-0.2, 0) is 25.5 Å². The lowest BCUT2D eigenvalue weighted by atomic mass is 9.76. The number of carbonyl (C=O) groups excluding carboxylic acids is 2. The SMILES string of the molecule is CN(C)CC1CC2(CCN(C(=O)CCCc3ccccc3)CC2)C(=O)O1.O=CO. The minimum absolute atomic E-state index is 0.00868. The Labute approximate surface area is 172 Å². The summed E-state index contributed by atoms with van der Waals surface area (Å²) < 4.78 is 5.59. The predicted molar refractivity (Wildman–Crippen MR) is 109 cm³/mol. The third-order valence-electron chi connectivity index (χ3n) is 5.67. The molecule has 1 N–H and O–H groups in total. The van der Waals surface area contributed by atoms with Gasteiger partial charge in [-0.1, -0.05) is 30.3 Å².